The van der Waals surface area contributed by atoms with Gasteiger partial charge in [-0.25, -0.2) is 0 Å². The minimum absolute atomic E-state index is 0.663. The summed E-state index contributed by atoms with van der Waals surface area (Å²) >= 11 is 0. The first-order chi connectivity index (χ1) is 7.60. The minimum Gasteiger partial charge on any atom is -0.321 e. The summed E-state index contributed by atoms with van der Waals surface area (Å²) in [5.74, 6) is 0. The zero-order chi connectivity index (χ0) is 12.1. The molecular formula is C14H18N2. The first-order valence-electron chi connectivity index (χ1n) is 5.54. The molecule has 1 aliphatic heterocycles. The van der Waals surface area contributed by atoms with E-state index in [1.165, 1.54) is 11.3 Å². The summed E-state index contributed by atoms with van der Waals surface area (Å²) in [6, 6.07) is 2.15. The van der Waals surface area contributed by atoms with Crippen LogP contribution in [0.3, 0.4) is 0 Å². The van der Waals surface area contributed by atoms with Gasteiger partial charge in [0.15, 0.2) is 0 Å². The Balaban J connectivity index is 3.01. The van der Waals surface area contributed by atoms with E-state index in [9.17, 15) is 0 Å². The van der Waals surface area contributed by atoms with Crippen LogP contribution in [0, 0.1) is 11.3 Å². The van der Waals surface area contributed by atoms with Crippen LogP contribution in [0.2, 0.25) is 0 Å². The van der Waals surface area contributed by atoms with E-state index in [-0.39, 0.29) is 0 Å². The molecule has 0 aliphatic carbocycles. The highest BCUT2D eigenvalue weighted by molar-refractivity contribution is 5.42. The summed E-state index contributed by atoms with van der Waals surface area (Å²) in [5, 5.41) is 8.88. The van der Waals surface area contributed by atoms with Crippen molar-refractivity contribution in [2.45, 2.75) is 33.6 Å². The van der Waals surface area contributed by atoms with Crippen LogP contribution in [0.1, 0.15) is 33.6 Å². The molecule has 0 spiro atoms. The fourth-order valence-corrected chi connectivity index (χ4v) is 1.67. The number of rotatable bonds is 3. The van der Waals surface area contributed by atoms with E-state index in [1.54, 1.807) is 6.08 Å². The van der Waals surface area contributed by atoms with Crippen LogP contribution in [0.15, 0.2) is 47.5 Å². The first kappa shape index (κ1) is 12.3. The lowest BCUT2D eigenvalue weighted by Gasteiger charge is -2.26. The molecule has 0 atom stereocenters. The molecule has 0 aromatic rings. The molecule has 0 saturated carbocycles. The molecule has 0 radical (unpaired) electrons. The molecule has 1 aliphatic rings. The third-order valence-electron chi connectivity index (χ3n) is 2.77. The van der Waals surface area contributed by atoms with E-state index in [0.29, 0.717) is 5.57 Å². The van der Waals surface area contributed by atoms with E-state index in [1.807, 2.05) is 17.2 Å². The second kappa shape index (κ2) is 5.37. The number of allylic oxidation sites excluding steroid dienone is 5. The molecule has 16 heavy (non-hydrogen) atoms. The van der Waals surface area contributed by atoms with Crippen molar-refractivity contribution in [3.8, 4) is 6.07 Å². The van der Waals surface area contributed by atoms with Crippen molar-refractivity contribution in [2.75, 3.05) is 0 Å². The SMILES string of the molecule is C=C1C=CC(C#N)=CN1/C(C)=C(/C)CCC. The monoisotopic (exact) mass is 214 g/mol. The van der Waals surface area contributed by atoms with E-state index >= 15 is 0 Å². The standard InChI is InChI=1S/C14H18N2/c1-5-6-11(2)13(4)16-10-14(9-15)8-7-12(16)3/h7-8,10H,3,5-6H2,1-2,4H3/b13-11-. The summed E-state index contributed by atoms with van der Waals surface area (Å²) in [5.41, 5.74) is 4.08. The van der Waals surface area contributed by atoms with Crippen molar-refractivity contribution < 1.29 is 0 Å². The molecule has 84 valence electrons. The molecule has 0 unspecified atom stereocenters. The van der Waals surface area contributed by atoms with Crippen molar-refractivity contribution in [3.63, 3.8) is 0 Å². The first-order valence-corrected chi connectivity index (χ1v) is 5.54. The maximum Gasteiger partial charge on any atom is 0.101 e. The van der Waals surface area contributed by atoms with Gasteiger partial charge in [0.05, 0.1) is 5.57 Å². The largest absolute Gasteiger partial charge is 0.321 e. The van der Waals surface area contributed by atoms with Gasteiger partial charge in [-0.3, -0.25) is 0 Å². The topological polar surface area (TPSA) is 27.0 Å². The second-order valence-electron chi connectivity index (χ2n) is 4.01. The van der Waals surface area contributed by atoms with Gasteiger partial charge in [0.2, 0.25) is 0 Å². The normalized spacial score (nSPS) is 16.8. The van der Waals surface area contributed by atoms with Crippen molar-refractivity contribution in [1.29, 1.82) is 5.26 Å². The highest BCUT2D eigenvalue weighted by Crippen LogP contribution is 2.23. The highest BCUT2D eigenvalue weighted by Gasteiger charge is 2.12. The van der Waals surface area contributed by atoms with Gasteiger partial charge < -0.3 is 4.90 Å². The molecule has 1 heterocycles. The molecule has 2 nitrogen and oxygen atoms in total. The Labute approximate surface area is 97.9 Å². The average Bonchev–Trinajstić information content (AvgIpc) is 2.29. The quantitative estimate of drug-likeness (QED) is 0.713. The minimum atomic E-state index is 0.663. The number of hydrogen-bond donors (Lipinski definition) is 0. The maximum absolute atomic E-state index is 8.88. The Bertz CT molecular complexity index is 417. The number of nitriles is 1. The van der Waals surface area contributed by atoms with Gasteiger partial charge in [-0.15, -0.1) is 0 Å². The Hall–Kier alpha value is -1.75. The molecular weight excluding hydrogens is 196 g/mol. The molecule has 0 aromatic heterocycles. The smallest absolute Gasteiger partial charge is 0.101 e. The maximum atomic E-state index is 8.88. The van der Waals surface area contributed by atoms with Crippen LogP contribution in [-0.2, 0) is 0 Å². The lowest BCUT2D eigenvalue weighted by atomic mass is 10.1. The lowest BCUT2D eigenvalue weighted by Crippen LogP contribution is -2.16. The molecule has 1 rings (SSSR count). The molecule has 2 heteroatoms. The Kier molecular flexibility index (Phi) is 4.13. The van der Waals surface area contributed by atoms with Crippen LogP contribution in [0.25, 0.3) is 0 Å². The number of nitrogens with zero attached hydrogens (tertiary/aromatic N) is 2. The van der Waals surface area contributed by atoms with E-state index in [2.05, 4.69) is 33.4 Å². The molecule has 0 N–H and O–H groups in total. The van der Waals surface area contributed by atoms with Crippen LogP contribution < -0.4 is 0 Å². The summed E-state index contributed by atoms with van der Waals surface area (Å²) in [7, 11) is 0. The van der Waals surface area contributed by atoms with Crippen molar-refractivity contribution in [3.05, 3.63) is 47.5 Å². The second-order valence-corrected chi connectivity index (χ2v) is 4.01. The Morgan fingerprint density at radius 2 is 2.12 bits per heavy atom. The Morgan fingerprint density at radius 1 is 1.44 bits per heavy atom. The Morgan fingerprint density at radius 3 is 2.69 bits per heavy atom. The summed E-state index contributed by atoms with van der Waals surface area (Å²) in [6.45, 7) is 10.3. The van der Waals surface area contributed by atoms with Crippen LogP contribution in [0.4, 0.5) is 0 Å². The molecule has 0 saturated heterocycles. The molecule has 0 aromatic carbocycles. The summed E-state index contributed by atoms with van der Waals surface area (Å²) in [4.78, 5) is 1.99. The third-order valence-corrected chi connectivity index (χ3v) is 2.77. The summed E-state index contributed by atoms with van der Waals surface area (Å²) in [6.07, 6.45) is 7.72. The zero-order valence-electron chi connectivity index (χ0n) is 10.2. The van der Waals surface area contributed by atoms with Crippen molar-refractivity contribution in [2.24, 2.45) is 0 Å². The van der Waals surface area contributed by atoms with Gasteiger partial charge in [-0.05, 0) is 32.4 Å². The fourth-order valence-electron chi connectivity index (χ4n) is 1.67. The average molecular weight is 214 g/mol. The highest BCUT2D eigenvalue weighted by atomic mass is 15.1. The third kappa shape index (κ3) is 2.64. The molecule has 0 bridgehead atoms. The van der Waals surface area contributed by atoms with E-state index < -0.39 is 0 Å². The van der Waals surface area contributed by atoms with Gasteiger partial charge in [-0.1, -0.05) is 25.5 Å². The summed E-state index contributed by atoms with van der Waals surface area (Å²) < 4.78 is 0. The van der Waals surface area contributed by atoms with Crippen LogP contribution in [-0.4, -0.2) is 4.90 Å². The zero-order valence-corrected chi connectivity index (χ0v) is 10.2. The van der Waals surface area contributed by atoms with Crippen molar-refractivity contribution in [1.82, 2.24) is 4.90 Å². The van der Waals surface area contributed by atoms with Gasteiger partial charge in [0.1, 0.15) is 6.07 Å². The molecule has 0 amide bonds. The molecule has 0 fully saturated rings. The van der Waals surface area contributed by atoms with Crippen molar-refractivity contribution >= 4 is 0 Å². The van der Waals surface area contributed by atoms with Gasteiger partial charge >= 0.3 is 0 Å². The van der Waals surface area contributed by atoms with Crippen LogP contribution in [0.5, 0.6) is 0 Å². The fraction of sp³-hybridized carbons (Fsp3) is 0.357. The van der Waals surface area contributed by atoms with E-state index in [0.717, 1.165) is 18.5 Å². The van der Waals surface area contributed by atoms with Gasteiger partial charge in [0, 0.05) is 17.6 Å². The lowest BCUT2D eigenvalue weighted by molar-refractivity contribution is 0.574. The van der Waals surface area contributed by atoms with E-state index in [4.69, 9.17) is 5.26 Å². The predicted molar refractivity (Wildman–Crippen MR) is 67.1 cm³/mol. The van der Waals surface area contributed by atoms with Crippen LogP contribution >= 0.6 is 0 Å². The predicted octanol–water partition coefficient (Wildman–Crippen LogP) is 3.87. The number of hydrogen-bond acceptors (Lipinski definition) is 2. The van der Waals surface area contributed by atoms with Gasteiger partial charge in [0.25, 0.3) is 0 Å². The van der Waals surface area contributed by atoms with Gasteiger partial charge in [-0.2, -0.15) is 5.26 Å².